The lowest BCUT2D eigenvalue weighted by Crippen LogP contribution is -2.37. The van der Waals surface area contributed by atoms with Crippen LogP contribution in [0.3, 0.4) is 0 Å². The van der Waals surface area contributed by atoms with Crippen molar-refractivity contribution in [1.82, 2.24) is 5.32 Å². The molecule has 0 aliphatic rings. The van der Waals surface area contributed by atoms with Crippen LogP contribution in [0.5, 0.6) is 5.75 Å². The molecule has 0 aliphatic heterocycles. The van der Waals surface area contributed by atoms with Gasteiger partial charge >= 0.3 is 0 Å². The van der Waals surface area contributed by atoms with E-state index in [1.165, 1.54) is 11.1 Å². The highest BCUT2D eigenvalue weighted by Gasteiger charge is 2.18. The standard InChI is InChI=1S/C19H22ClNO2/c1-12-9-10-16(11-13(12)2)14(3)21-19(22)15(4)23-18-8-6-5-7-17(18)20/h5-11,14-15H,1-4H3,(H,21,22). The number of hydrogen-bond acceptors (Lipinski definition) is 2. The quantitative estimate of drug-likeness (QED) is 0.869. The Balaban J connectivity index is 2.00. The van der Waals surface area contributed by atoms with Gasteiger partial charge in [-0.3, -0.25) is 4.79 Å². The average Bonchev–Trinajstić information content (AvgIpc) is 2.52. The molecule has 0 saturated heterocycles. The first kappa shape index (κ1) is 17.4. The van der Waals surface area contributed by atoms with Crippen molar-refractivity contribution in [2.45, 2.75) is 39.8 Å². The zero-order valence-electron chi connectivity index (χ0n) is 13.9. The largest absolute Gasteiger partial charge is 0.479 e. The highest BCUT2D eigenvalue weighted by Crippen LogP contribution is 2.24. The first-order valence-corrected chi connectivity index (χ1v) is 8.05. The molecule has 122 valence electrons. The number of aryl methyl sites for hydroxylation is 2. The Labute approximate surface area is 142 Å². The number of benzene rings is 2. The molecule has 1 amide bonds. The van der Waals surface area contributed by atoms with Gasteiger partial charge in [-0.1, -0.05) is 41.9 Å². The fourth-order valence-electron chi connectivity index (χ4n) is 2.23. The van der Waals surface area contributed by atoms with Crippen LogP contribution in [0.25, 0.3) is 0 Å². The molecule has 0 saturated carbocycles. The van der Waals surface area contributed by atoms with E-state index in [0.29, 0.717) is 10.8 Å². The second-order valence-electron chi connectivity index (χ2n) is 5.76. The van der Waals surface area contributed by atoms with E-state index in [1.807, 2.05) is 25.1 Å². The van der Waals surface area contributed by atoms with Gasteiger partial charge in [0.15, 0.2) is 6.10 Å². The van der Waals surface area contributed by atoms with E-state index in [9.17, 15) is 4.79 Å². The number of carbonyl (C=O) groups excluding carboxylic acids is 1. The molecule has 0 radical (unpaired) electrons. The first-order chi connectivity index (χ1) is 10.9. The van der Waals surface area contributed by atoms with E-state index in [4.69, 9.17) is 16.3 Å². The van der Waals surface area contributed by atoms with Gasteiger partial charge in [-0.2, -0.15) is 0 Å². The van der Waals surface area contributed by atoms with Gasteiger partial charge in [0.25, 0.3) is 5.91 Å². The number of nitrogens with one attached hydrogen (secondary N) is 1. The lowest BCUT2D eigenvalue weighted by atomic mass is 10.0. The maximum absolute atomic E-state index is 12.3. The highest BCUT2D eigenvalue weighted by atomic mass is 35.5. The van der Waals surface area contributed by atoms with Crippen LogP contribution in [-0.2, 0) is 4.79 Å². The van der Waals surface area contributed by atoms with Crippen molar-refractivity contribution in [1.29, 1.82) is 0 Å². The van der Waals surface area contributed by atoms with Gasteiger partial charge in [0.2, 0.25) is 0 Å². The molecule has 0 spiro atoms. The third-order valence-corrected chi connectivity index (χ3v) is 4.21. The van der Waals surface area contributed by atoms with E-state index in [2.05, 4.69) is 31.3 Å². The van der Waals surface area contributed by atoms with Crippen LogP contribution in [0.4, 0.5) is 0 Å². The van der Waals surface area contributed by atoms with Crippen molar-refractivity contribution in [2.24, 2.45) is 0 Å². The Morgan fingerprint density at radius 3 is 2.43 bits per heavy atom. The Hall–Kier alpha value is -2.00. The van der Waals surface area contributed by atoms with Crippen molar-refractivity contribution in [2.75, 3.05) is 0 Å². The van der Waals surface area contributed by atoms with Crippen LogP contribution in [0.15, 0.2) is 42.5 Å². The zero-order chi connectivity index (χ0) is 17.0. The van der Waals surface area contributed by atoms with Crippen molar-refractivity contribution >= 4 is 17.5 Å². The molecule has 0 aromatic heterocycles. The van der Waals surface area contributed by atoms with Gasteiger partial charge in [0.05, 0.1) is 11.1 Å². The number of carbonyl (C=O) groups is 1. The predicted octanol–water partition coefficient (Wildman–Crippen LogP) is 4.60. The van der Waals surface area contributed by atoms with E-state index >= 15 is 0 Å². The zero-order valence-corrected chi connectivity index (χ0v) is 14.6. The molecule has 2 atom stereocenters. The topological polar surface area (TPSA) is 38.3 Å². The molecule has 2 aromatic carbocycles. The summed E-state index contributed by atoms with van der Waals surface area (Å²) in [6.07, 6.45) is -0.621. The minimum Gasteiger partial charge on any atom is -0.479 e. The van der Waals surface area contributed by atoms with Gasteiger partial charge in [-0.25, -0.2) is 0 Å². The van der Waals surface area contributed by atoms with E-state index in [0.717, 1.165) is 5.56 Å². The summed E-state index contributed by atoms with van der Waals surface area (Å²) in [5.74, 6) is 0.339. The summed E-state index contributed by atoms with van der Waals surface area (Å²) >= 11 is 6.05. The number of ether oxygens (including phenoxy) is 1. The Morgan fingerprint density at radius 1 is 1.09 bits per heavy atom. The molecule has 2 rings (SSSR count). The molecule has 4 heteroatoms. The smallest absolute Gasteiger partial charge is 0.261 e. The summed E-state index contributed by atoms with van der Waals surface area (Å²) in [6.45, 7) is 7.81. The molecule has 3 nitrogen and oxygen atoms in total. The lowest BCUT2D eigenvalue weighted by Gasteiger charge is -2.20. The van der Waals surface area contributed by atoms with Crippen LogP contribution < -0.4 is 10.1 Å². The van der Waals surface area contributed by atoms with Gasteiger partial charge in [0.1, 0.15) is 5.75 Å². The van der Waals surface area contributed by atoms with Gasteiger partial charge < -0.3 is 10.1 Å². The number of amides is 1. The summed E-state index contributed by atoms with van der Waals surface area (Å²) in [4.78, 5) is 12.3. The van der Waals surface area contributed by atoms with Gasteiger partial charge in [-0.05, 0) is 56.5 Å². The van der Waals surface area contributed by atoms with Crippen molar-refractivity contribution in [3.63, 3.8) is 0 Å². The maximum atomic E-state index is 12.3. The minimum atomic E-state index is -0.621. The predicted molar refractivity (Wildman–Crippen MR) is 94.0 cm³/mol. The molecule has 0 aliphatic carbocycles. The fourth-order valence-corrected chi connectivity index (χ4v) is 2.41. The van der Waals surface area contributed by atoms with Crippen molar-refractivity contribution < 1.29 is 9.53 Å². The molecule has 0 bridgehead atoms. The van der Waals surface area contributed by atoms with E-state index in [1.54, 1.807) is 19.1 Å². The second-order valence-corrected chi connectivity index (χ2v) is 6.17. The van der Waals surface area contributed by atoms with Gasteiger partial charge in [-0.15, -0.1) is 0 Å². The Morgan fingerprint density at radius 2 is 1.78 bits per heavy atom. The van der Waals surface area contributed by atoms with E-state index < -0.39 is 6.10 Å². The van der Waals surface area contributed by atoms with Crippen molar-refractivity contribution in [3.8, 4) is 5.75 Å². The fraction of sp³-hybridized carbons (Fsp3) is 0.316. The summed E-state index contributed by atoms with van der Waals surface area (Å²) < 4.78 is 5.64. The first-order valence-electron chi connectivity index (χ1n) is 7.67. The Bertz CT molecular complexity index is 700. The highest BCUT2D eigenvalue weighted by molar-refractivity contribution is 6.32. The summed E-state index contributed by atoms with van der Waals surface area (Å²) in [6, 6.07) is 13.2. The third kappa shape index (κ3) is 4.49. The van der Waals surface area contributed by atoms with Crippen LogP contribution in [-0.4, -0.2) is 12.0 Å². The molecule has 23 heavy (non-hydrogen) atoms. The molecular weight excluding hydrogens is 310 g/mol. The number of hydrogen-bond donors (Lipinski definition) is 1. The van der Waals surface area contributed by atoms with Crippen LogP contribution in [0, 0.1) is 13.8 Å². The molecule has 2 unspecified atom stereocenters. The molecule has 0 fully saturated rings. The minimum absolute atomic E-state index is 0.0842. The molecule has 1 N–H and O–H groups in total. The normalized spacial score (nSPS) is 13.3. The average molecular weight is 332 g/mol. The summed E-state index contributed by atoms with van der Waals surface area (Å²) in [7, 11) is 0. The lowest BCUT2D eigenvalue weighted by molar-refractivity contribution is -0.127. The summed E-state index contributed by atoms with van der Waals surface area (Å²) in [5.41, 5.74) is 3.53. The van der Waals surface area contributed by atoms with Crippen molar-refractivity contribution in [3.05, 3.63) is 64.2 Å². The SMILES string of the molecule is Cc1ccc(C(C)NC(=O)C(C)Oc2ccccc2Cl)cc1C. The van der Waals surface area contributed by atoms with Crippen LogP contribution >= 0.6 is 11.6 Å². The van der Waals surface area contributed by atoms with E-state index in [-0.39, 0.29) is 11.9 Å². The van der Waals surface area contributed by atoms with Crippen LogP contribution in [0.2, 0.25) is 5.02 Å². The number of halogens is 1. The third-order valence-electron chi connectivity index (χ3n) is 3.90. The Kier molecular flexibility index (Phi) is 5.67. The van der Waals surface area contributed by atoms with Gasteiger partial charge in [0, 0.05) is 0 Å². The number of para-hydroxylation sites is 1. The number of rotatable bonds is 5. The molecule has 2 aromatic rings. The monoisotopic (exact) mass is 331 g/mol. The summed E-state index contributed by atoms with van der Waals surface area (Å²) in [5, 5.41) is 3.47. The second kappa shape index (κ2) is 7.51. The maximum Gasteiger partial charge on any atom is 0.261 e. The molecule has 0 heterocycles. The molecular formula is C19H22ClNO2. The van der Waals surface area contributed by atoms with Crippen LogP contribution in [0.1, 0.15) is 36.6 Å².